The lowest BCUT2D eigenvalue weighted by molar-refractivity contribution is 0.150. The van der Waals surface area contributed by atoms with Crippen molar-refractivity contribution in [3.63, 3.8) is 0 Å². The van der Waals surface area contributed by atoms with Crippen LogP contribution in [0.15, 0.2) is 119 Å². The molecule has 34 heavy (non-hydrogen) atoms. The first-order valence-corrected chi connectivity index (χ1v) is 12.2. The van der Waals surface area contributed by atoms with Gasteiger partial charge in [-0.05, 0) is 72.8 Å². The summed E-state index contributed by atoms with van der Waals surface area (Å²) in [6, 6.07) is 31.6. The fourth-order valence-corrected chi connectivity index (χ4v) is 4.56. The number of hydrogen-bond acceptors (Lipinski definition) is 8. The minimum absolute atomic E-state index is 0.388. The molecule has 0 heterocycles. The molecule has 0 atom stereocenters. The molecule has 0 fully saturated rings. The molecule has 4 rings (SSSR count). The van der Waals surface area contributed by atoms with Gasteiger partial charge in [0.2, 0.25) is 0 Å². The number of carbonyl (C=O) groups excluding carboxylic acids is 2. The van der Waals surface area contributed by atoms with Crippen LogP contribution in [0, 0.1) is 0 Å². The zero-order chi connectivity index (χ0) is 23.6. The maximum atomic E-state index is 11.9. The Morgan fingerprint density at radius 1 is 0.412 bits per heavy atom. The van der Waals surface area contributed by atoms with Crippen LogP contribution in [-0.4, -0.2) is 12.3 Å². The Balaban J connectivity index is 1.22. The smallest absolute Gasteiger partial charge is 0.395 e. The first-order valence-electron chi connectivity index (χ1n) is 10.1. The van der Waals surface area contributed by atoms with Crippen molar-refractivity contribution in [2.24, 2.45) is 0 Å². The average Bonchev–Trinajstić information content (AvgIpc) is 2.85. The molecule has 0 aliphatic heterocycles. The highest BCUT2D eigenvalue weighted by Crippen LogP contribution is 2.38. The van der Waals surface area contributed by atoms with Gasteiger partial charge >= 0.3 is 12.3 Å². The van der Waals surface area contributed by atoms with Crippen LogP contribution >= 0.6 is 21.6 Å². The summed E-state index contributed by atoms with van der Waals surface area (Å²) in [4.78, 5) is 25.7. The molecular weight excluding hydrogens is 472 g/mol. The third kappa shape index (κ3) is 7.33. The molecule has 8 heteroatoms. The predicted molar refractivity (Wildman–Crippen MR) is 131 cm³/mol. The summed E-state index contributed by atoms with van der Waals surface area (Å²) in [5.74, 6) is 1.61. The van der Waals surface area contributed by atoms with Crippen LogP contribution in [0.2, 0.25) is 0 Å². The highest BCUT2D eigenvalue weighted by Gasteiger charge is 2.09. The van der Waals surface area contributed by atoms with Crippen molar-refractivity contribution in [2.75, 3.05) is 0 Å². The molecular formula is C26H18O6S2. The topological polar surface area (TPSA) is 71.1 Å². The van der Waals surface area contributed by atoms with E-state index in [1.807, 2.05) is 36.4 Å². The lowest BCUT2D eigenvalue weighted by Crippen LogP contribution is -2.13. The first-order chi connectivity index (χ1) is 16.6. The maximum Gasteiger partial charge on any atom is 0.519 e. The number of carbonyl (C=O) groups is 2. The minimum Gasteiger partial charge on any atom is -0.395 e. The van der Waals surface area contributed by atoms with Crippen LogP contribution in [0.1, 0.15) is 0 Å². The van der Waals surface area contributed by atoms with E-state index in [1.165, 1.54) is 21.6 Å². The molecule has 0 aliphatic rings. The van der Waals surface area contributed by atoms with Crippen molar-refractivity contribution >= 4 is 33.9 Å². The maximum absolute atomic E-state index is 11.9. The lowest BCUT2D eigenvalue weighted by atomic mass is 10.3. The van der Waals surface area contributed by atoms with E-state index >= 15 is 0 Å². The number of para-hydroxylation sites is 2. The van der Waals surface area contributed by atoms with Gasteiger partial charge in [0.05, 0.1) is 0 Å². The van der Waals surface area contributed by atoms with E-state index in [4.69, 9.17) is 18.9 Å². The summed E-state index contributed by atoms with van der Waals surface area (Å²) >= 11 is 0. The molecule has 0 spiro atoms. The van der Waals surface area contributed by atoms with Crippen molar-refractivity contribution in [3.8, 4) is 23.0 Å². The molecule has 0 bridgehead atoms. The fourth-order valence-electron chi connectivity index (χ4n) is 2.63. The molecule has 6 nitrogen and oxygen atoms in total. The quantitative estimate of drug-likeness (QED) is 0.149. The zero-order valence-corrected chi connectivity index (χ0v) is 19.3. The SMILES string of the molecule is O=C(Oc1ccccc1)Oc1ccc(SSc2ccc(OC(=O)Oc3ccccc3)cc2)cc1. The summed E-state index contributed by atoms with van der Waals surface area (Å²) < 4.78 is 20.6. The fraction of sp³-hybridized carbons (Fsp3) is 0. The standard InChI is InChI=1S/C26H18O6S2/c27-25(29-19-7-3-1-4-8-19)31-21-11-15-23(16-12-21)33-34-24-17-13-22(14-18-24)32-26(28)30-20-9-5-2-6-10-20/h1-18H. The second-order valence-corrected chi connectivity index (χ2v) is 8.92. The number of benzene rings is 4. The molecule has 0 unspecified atom stereocenters. The van der Waals surface area contributed by atoms with Crippen LogP contribution in [0.4, 0.5) is 9.59 Å². The van der Waals surface area contributed by atoms with Gasteiger partial charge in [-0.1, -0.05) is 58.0 Å². The predicted octanol–water partition coefficient (Wildman–Crippen LogP) is 7.64. The second-order valence-electron chi connectivity index (χ2n) is 6.64. The Kier molecular flexibility index (Phi) is 8.10. The molecule has 0 N–H and O–H groups in total. The van der Waals surface area contributed by atoms with Crippen molar-refractivity contribution < 1.29 is 28.5 Å². The van der Waals surface area contributed by atoms with Gasteiger partial charge in [-0.3, -0.25) is 0 Å². The van der Waals surface area contributed by atoms with Crippen LogP contribution in [0.3, 0.4) is 0 Å². The summed E-state index contributed by atoms with van der Waals surface area (Å²) in [5, 5.41) is 0. The van der Waals surface area contributed by atoms with E-state index in [0.29, 0.717) is 23.0 Å². The largest absolute Gasteiger partial charge is 0.519 e. The second kappa shape index (κ2) is 11.8. The molecule has 0 aliphatic carbocycles. The molecule has 0 radical (unpaired) electrons. The number of rotatable bonds is 7. The number of ether oxygens (including phenoxy) is 4. The molecule has 0 amide bonds. The van der Waals surface area contributed by atoms with E-state index in [-0.39, 0.29) is 0 Å². The van der Waals surface area contributed by atoms with E-state index in [9.17, 15) is 9.59 Å². The third-order valence-electron chi connectivity index (χ3n) is 4.17. The average molecular weight is 491 g/mol. The van der Waals surface area contributed by atoms with Gasteiger partial charge in [0, 0.05) is 9.79 Å². The van der Waals surface area contributed by atoms with Gasteiger partial charge in [-0.2, -0.15) is 0 Å². The minimum atomic E-state index is -0.795. The van der Waals surface area contributed by atoms with Crippen molar-refractivity contribution in [1.29, 1.82) is 0 Å². The van der Waals surface area contributed by atoms with Gasteiger partial charge in [0.25, 0.3) is 0 Å². The molecule has 4 aromatic carbocycles. The number of hydrogen-bond donors (Lipinski definition) is 0. The van der Waals surface area contributed by atoms with Gasteiger partial charge in [-0.15, -0.1) is 0 Å². The Bertz CT molecular complexity index is 1110. The molecule has 4 aromatic rings. The highest BCUT2D eigenvalue weighted by molar-refractivity contribution is 8.76. The summed E-state index contributed by atoms with van der Waals surface area (Å²) in [7, 11) is 3.08. The van der Waals surface area contributed by atoms with Crippen LogP contribution < -0.4 is 18.9 Å². The van der Waals surface area contributed by atoms with Crippen molar-refractivity contribution in [3.05, 3.63) is 109 Å². The Morgan fingerprint density at radius 3 is 1.03 bits per heavy atom. The van der Waals surface area contributed by atoms with E-state index in [2.05, 4.69) is 0 Å². The Hall–Kier alpha value is -3.88. The molecule has 0 aromatic heterocycles. The van der Waals surface area contributed by atoms with Gasteiger partial charge in [-0.25, -0.2) is 9.59 Å². The van der Waals surface area contributed by atoms with E-state index in [1.54, 1.807) is 72.8 Å². The monoisotopic (exact) mass is 490 g/mol. The first kappa shape index (κ1) is 23.3. The lowest BCUT2D eigenvalue weighted by Gasteiger charge is -2.07. The van der Waals surface area contributed by atoms with Crippen molar-refractivity contribution in [2.45, 2.75) is 9.79 Å². The highest BCUT2D eigenvalue weighted by atomic mass is 33.1. The van der Waals surface area contributed by atoms with Gasteiger partial charge in [0.15, 0.2) is 0 Å². The van der Waals surface area contributed by atoms with Gasteiger partial charge < -0.3 is 18.9 Å². The molecule has 0 saturated heterocycles. The van der Waals surface area contributed by atoms with Crippen LogP contribution in [0.25, 0.3) is 0 Å². The summed E-state index contributed by atoms with van der Waals surface area (Å²) in [6.45, 7) is 0. The molecule has 170 valence electrons. The van der Waals surface area contributed by atoms with E-state index < -0.39 is 12.3 Å². The normalized spacial score (nSPS) is 10.2. The Labute approximate surface area is 204 Å². The van der Waals surface area contributed by atoms with Gasteiger partial charge in [0.1, 0.15) is 23.0 Å². The Morgan fingerprint density at radius 2 is 0.706 bits per heavy atom. The van der Waals surface area contributed by atoms with Crippen LogP contribution in [0.5, 0.6) is 23.0 Å². The third-order valence-corrected chi connectivity index (χ3v) is 6.59. The zero-order valence-electron chi connectivity index (χ0n) is 17.7. The summed E-state index contributed by atoms with van der Waals surface area (Å²) in [6.07, 6.45) is -1.59. The summed E-state index contributed by atoms with van der Waals surface area (Å²) in [5.41, 5.74) is 0. The van der Waals surface area contributed by atoms with Crippen LogP contribution in [-0.2, 0) is 0 Å². The van der Waals surface area contributed by atoms with Crippen molar-refractivity contribution in [1.82, 2.24) is 0 Å². The van der Waals surface area contributed by atoms with E-state index in [0.717, 1.165) is 9.79 Å². The molecule has 0 saturated carbocycles.